The monoisotopic (exact) mass is 276 g/mol. The maximum absolute atomic E-state index is 12.5. The summed E-state index contributed by atoms with van der Waals surface area (Å²) in [6, 6.07) is 22.8. The van der Waals surface area contributed by atoms with Crippen molar-refractivity contribution in [1.82, 2.24) is 0 Å². The van der Waals surface area contributed by atoms with E-state index in [0.717, 1.165) is 16.3 Å². The molecule has 0 amide bonds. The molecule has 0 aliphatic rings. The van der Waals surface area contributed by atoms with Crippen molar-refractivity contribution in [2.24, 2.45) is 0 Å². The third kappa shape index (κ3) is 2.86. The molecule has 104 valence electrons. The largest absolute Gasteiger partial charge is 0.388 e. The van der Waals surface area contributed by atoms with Crippen LogP contribution in [0.3, 0.4) is 0 Å². The van der Waals surface area contributed by atoms with Gasteiger partial charge in [-0.25, -0.2) is 0 Å². The molecule has 3 aromatic carbocycles. The lowest BCUT2D eigenvalue weighted by atomic mass is 9.96. The van der Waals surface area contributed by atoms with Crippen LogP contribution in [0, 0.1) is 0 Å². The van der Waals surface area contributed by atoms with Crippen molar-refractivity contribution in [2.45, 2.75) is 12.5 Å². The molecule has 0 heterocycles. The molecule has 2 heteroatoms. The topological polar surface area (TPSA) is 37.3 Å². The minimum absolute atomic E-state index is 0.0387. The van der Waals surface area contributed by atoms with Crippen LogP contribution in [0.4, 0.5) is 0 Å². The van der Waals surface area contributed by atoms with E-state index < -0.39 is 6.10 Å². The first-order valence-corrected chi connectivity index (χ1v) is 6.99. The van der Waals surface area contributed by atoms with E-state index in [1.54, 1.807) is 0 Å². The van der Waals surface area contributed by atoms with Gasteiger partial charge < -0.3 is 5.11 Å². The van der Waals surface area contributed by atoms with Gasteiger partial charge in [-0.15, -0.1) is 0 Å². The molecule has 0 aliphatic carbocycles. The van der Waals surface area contributed by atoms with Gasteiger partial charge in [0.2, 0.25) is 0 Å². The van der Waals surface area contributed by atoms with Crippen molar-refractivity contribution in [1.29, 1.82) is 0 Å². The van der Waals surface area contributed by atoms with Gasteiger partial charge in [0.15, 0.2) is 5.78 Å². The summed E-state index contributed by atoms with van der Waals surface area (Å²) >= 11 is 0. The Hall–Kier alpha value is -2.45. The molecule has 1 unspecified atom stereocenters. The fourth-order valence-electron chi connectivity index (χ4n) is 2.55. The maximum Gasteiger partial charge on any atom is 0.166 e. The first-order valence-electron chi connectivity index (χ1n) is 6.99. The molecule has 1 N–H and O–H groups in total. The molecule has 0 fully saturated rings. The molecule has 3 rings (SSSR count). The molecular weight excluding hydrogens is 260 g/mol. The second-order valence-corrected chi connectivity index (χ2v) is 5.08. The summed E-state index contributed by atoms with van der Waals surface area (Å²) in [5.41, 5.74) is 1.44. The van der Waals surface area contributed by atoms with Crippen molar-refractivity contribution < 1.29 is 9.90 Å². The van der Waals surface area contributed by atoms with Crippen LogP contribution in [0.25, 0.3) is 10.8 Å². The lowest BCUT2D eigenvalue weighted by Gasteiger charge is -2.11. The number of hydrogen-bond acceptors (Lipinski definition) is 2. The molecule has 0 aromatic heterocycles. The Kier molecular flexibility index (Phi) is 3.80. The van der Waals surface area contributed by atoms with E-state index in [2.05, 4.69) is 0 Å². The number of rotatable bonds is 4. The third-order valence-electron chi connectivity index (χ3n) is 3.65. The number of carbonyl (C=O) groups is 1. The van der Waals surface area contributed by atoms with Gasteiger partial charge in [0.25, 0.3) is 0 Å². The van der Waals surface area contributed by atoms with E-state index >= 15 is 0 Å². The van der Waals surface area contributed by atoms with Gasteiger partial charge in [0.1, 0.15) is 0 Å². The summed E-state index contributed by atoms with van der Waals surface area (Å²) in [6.45, 7) is 0. The predicted molar refractivity (Wildman–Crippen MR) is 84.3 cm³/mol. The van der Waals surface area contributed by atoms with Crippen molar-refractivity contribution in [3.05, 3.63) is 83.9 Å². The highest BCUT2D eigenvalue weighted by Crippen LogP contribution is 2.23. The lowest BCUT2D eigenvalue weighted by molar-refractivity contribution is 0.0882. The predicted octanol–water partition coefficient (Wildman–Crippen LogP) is 4.15. The fraction of sp³-hybridized carbons (Fsp3) is 0.105. The fourth-order valence-corrected chi connectivity index (χ4v) is 2.55. The average Bonchev–Trinajstić information content (AvgIpc) is 2.55. The van der Waals surface area contributed by atoms with Gasteiger partial charge in [0.05, 0.1) is 6.10 Å². The SMILES string of the molecule is O=C(CC(O)c1ccccc1)c1cccc2ccccc12. The van der Waals surface area contributed by atoms with E-state index in [9.17, 15) is 9.90 Å². The highest BCUT2D eigenvalue weighted by molar-refractivity contribution is 6.08. The third-order valence-corrected chi connectivity index (χ3v) is 3.65. The second kappa shape index (κ2) is 5.90. The first-order chi connectivity index (χ1) is 10.3. The van der Waals surface area contributed by atoms with Crippen molar-refractivity contribution >= 4 is 16.6 Å². The molecule has 0 saturated heterocycles. The molecule has 0 radical (unpaired) electrons. The van der Waals surface area contributed by atoms with Crippen LogP contribution in [0.1, 0.15) is 28.4 Å². The number of aliphatic hydroxyl groups is 1. The van der Waals surface area contributed by atoms with Crippen LogP contribution >= 0.6 is 0 Å². The minimum atomic E-state index is -0.766. The van der Waals surface area contributed by atoms with Gasteiger partial charge in [-0.1, -0.05) is 72.8 Å². The van der Waals surface area contributed by atoms with Crippen molar-refractivity contribution in [3.63, 3.8) is 0 Å². The Labute approximate surface area is 123 Å². The molecule has 0 saturated carbocycles. The number of hydrogen-bond donors (Lipinski definition) is 1. The Balaban J connectivity index is 1.88. The number of ketones is 1. The van der Waals surface area contributed by atoms with Crippen LogP contribution < -0.4 is 0 Å². The number of carbonyl (C=O) groups excluding carboxylic acids is 1. The highest BCUT2D eigenvalue weighted by atomic mass is 16.3. The van der Waals surface area contributed by atoms with E-state index in [1.165, 1.54) is 0 Å². The van der Waals surface area contributed by atoms with E-state index in [0.29, 0.717) is 5.56 Å². The minimum Gasteiger partial charge on any atom is -0.388 e. The Morgan fingerprint density at radius 1 is 0.857 bits per heavy atom. The normalized spacial score (nSPS) is 12.2. The molecule has 0 spiro atoms. The highest BCUT2D eigenvalue weighted by Gasteiger charge is 2.16. The van der Waals surface area contributed by atoms with Crippen molar-refractivity contribution in [2.75, 3.05) is 0 Å². The quantitative estimate of drug-likeness (QED) is 0.727. The van der Waals surface area contributed by atoms with Crippen LogP contribution in [0.15, 0.2) is 72.8 Å². The summed E-state index contributed by atoms with van der Waals surface area (Å²) in [4.78, 5) is 12.5. The van der Waals surface area contributed by atoms with Crippen LogP contribution in [0.5, 0.6) is 0 Å². The van der Waals surface area contributed by atoms with Gasteiger partial charge >= 0.3 is 0 Å². The van der Waals surface area contributed by atoms with Gasteiger partial charge in [0, 0.05) is 12.0 Å². The number of benzene rings is 3. The van der Waals surface area contributed by atoms with Crippen LogP contribution in [0.2, 0.25) is 0 Å². The number of aliphatic hydroxyl groups excluding tert-OH is 1. The number of fused-ring (bicyclic) bond motifs is 1. The van der Waals surface area contributed by atoms with Gasteiger partial charge in [-0.3, -0.25) is 4.79 Å². The number of Topliss-reactive ketones (excluding diaryl/α,β-unsaturated/α-hetero) is 1. The Morgan fingerprint density at radius 3 is 2.33 bits per heavy atom. The smallest absolute Gasteiger partial charge is 0.166 e. The molecule has 0 bridgehead atoms. The van der Waals surface area contributed by atoms with Crippen LogP contribution in [-0.2, 0) is 0 Å². The zero-order chi connectivity index (χ0) is 14.7. The molecule has 1 atom stereocenters. The Morgan fingerprint density at radius 2 is 1.52 bits per heavy atom. The average molecular weight is 276 g/mol. The zero-order valence-electron chi connectivity index (χ0n) is 11.6. The van der Waals surface area contributed by atoms with E-state index in [-0.39, 0.29) is 12.2 Å². The zero-order valence-corrected chi connectivity index (χ0v) is 11.6. The summed E-state index contributed by atoms with van der Waals surface area (Å²) in [7, 11) is 0. The second-order valence-electron chi connectivity index (χ2n) is 5.08. The molecule has 21 heavy (non-hydrogen) atoms. The van der Waals surface area contributed by atoms with Crippen molar-refractivity contribution in [3.8, 4) is 0 Å². The first kappa shape index (κ1) is 13.5. The lowest BCUT2D eigenvalue weighted by Crippen LogP contribution is -2.07. The van der Waals surface area contributed by atoms with E-state index in [4.69, 9.17) is 0 Å². The standard InChI is InChI=1S/C19H16O2/c20-18(15-8-2-1-3-9-15)13-19(21)17-12-6-10-14-7-4-5-11-16(14)17/h1-12,18,20H,13H2. The van der Waals surface area contributed by atoms with Crippen LogP contribution in [-0.4, -0.2) is 10.9 Å². The van der Waals surface area contributed by atoms with E-state index in [1.807, 2.05) is 72.8 Å². The molecule has 2 nitrogen and oxygen atoms in total. The summed E-state index contributed by atoms with van der Waals surface area (Å²) in [6.07, 6.45) is -0.671. The summed E-state index contributed by atoms with van der Waals surface area (Å²) in [5, 5.41) is 12.2. The maximum atomic E-state index is 12.5. The van der Waals surface area contributed by atoms with Gasteiger partial charge in [-0.2, -0.15) is 0 Å². The molecule has 0 aliphatic heterocycles. The molecular formula is C19H16O2. The summed E-state index contributed by atoms with van der Waals surface area (Å²) in [5.74, 6) is -0.0387. The Bertz CT molecular complexity index is 757. The summed E-state index contributed by atoms with van der Waals surface area (Å²) < 4.78 is 0. The van der Waals surface area contributed by atoms with Gasteiger partial charge in [-0.05, 0) is 16.3 Å². The molecule has 3 aromatic rings.